The van der Waals surface area contributed by atoms with E-state index < -0.39 is 6.10 Å². The maximum absolute atomic E-state index is 11.9. The van der Waals surface area contributed by atoms with Crippen LogP contribution >= 0.6 is 0 Å². The zero-order valence-corrected chi connectivity index (χ0v) is 11.7. The molecule has 0 spiro atoms. The number of hydrogen-bond acceptors (Lipinski definition) is 4. The Labute approximate surface area is 119 Å². The van der Waals surface area contributed by atoms with Gasteiger partial charge in [-0.05, 0) is 25.3 Å². The van der Waals surface area contributed by atoms with E-state index in [-0.39, 0.29) is 11.4 Å². The normalized spacial score (nSPS) is 25.7. The van der Waals surface area contributed by atoms with Gasteiger partial charge in [0.1, 0.15) is 6.10 Å². The molecule has 1 aliphatic rings. The van der Waals surface area contributed by atoms with Crippen LogP contribution < -0.4 is 0 Å². The van der Waals surface area contributed by atoms with Crippen molar-refractivity contribution in [2.75, 3.05) is 13.2 Å². The van der Waals surface area contributed by atoms with E-state index in [4.69, 9.17) is 14.7 Å². The summed E-state index contributed by atoms with van der Waals surface area (Å²) in [4.78, 5) is 11.9. The first-order valence-corrected chi connectivity index (χ1v) is 6.92. The van der Waals surface area contributed by atoms with Crippen molar-refractivity contribution in [2.45, 2.75) is 37.7 Å². The van der Waals surface area contributed by atoms with Crippen LogP contribution in [0.4, 0.5) is 0 Å². The predicted octanol–water partition coefficient (Wildman–Crippen LogP) is 2.58. The quantitative estimate of drug-likeness (QED) is 0.791. The van der Waals surface area contributed by atoms with Crippen molar-refractivity contribution < 1.29 is 14.3 Å². The van der Waals surface area contributed by atoms with Crippen LogP contribution in [-0.2, 0) is 19.7 Å². The fraction of sp³-hybridized carbons (Fsp3) is 0.500. The predicted molar refractivity (Wildman–Crippen MR) is 74.0 cm³/mol. The third-order valence-electron chi connectivity index (χ3n) is 3.79. The molecule has 0 radical (unpaired) electrons. The van der Waals surface area contributed by atoms with Crippen LogP contribution in [-0.4, -0.2) is 25.3 Å². The molecule has 4 heteroatoms. The lowest BCUT2D eigenvalue weighted by molar-refractivity contribution is -0.146. The summed E-state index contributed by atoms with van der Waals surface area (Å²) in [5.74, 6) is -0.213. The van der Waals surface area contributed by atoms with Gasteiger partial charge >= 0.3 is 5.97 Å². The number of benzene rings is 1. The van der Waals surface area contributed by atoms with Crippen molar-refractivity contribution in [3.05, 3.63) is 35.9 Å². The number of nitriles is 1. The van der Waals surface area contributed by atoms with Gasteiger partial charge in [0.25, 0.3) is 0 Å². The number of nitrogens with zero attached hydrogens (tertiary/aromatic N) is 1. The Morgan fingerprint density at radius 3 is 2.90 bits per heavy atom. The Morgan fingerprint density at radius 1 is 1.50 bits per heavy atom. The average Bonchev–Trinajstić information content (AvgIpc) is 2.48. The van der Waals surface area contributed by atoms with E-state index in [0.717, 1.165) is 12.0 Å². The molecule has 0 bridgehead atoms. The maximum atomic E-state index is 11.9. The topological polar surface area (TPSA) is 59.3 Å². The van der Waals surface area contributed by atoms with Gasteiger partial charge in [-0.25, -0.2) is 0 Å². The summed E-state index contributed by atoms with van der Waals surface area (Å²) >= 11 is 0. The number of esters is 1. The first-order valence-electron chi connectivity index (χ1n) is 6.92. The number of rotatable bonds is 4. The van der Waals surface area contributed by atoms with Gasteiger partial charge < -0.3 is 9.47 Å². The zero-order valence-electron chi connectivity index (χ0n) is 11.7. The zero-order chi connectivity index (χ0) is 14.4. The highest BCUT2D eigenvalue weighted by Gasteiger charge is 2.40. The molecule has 2 unspecified atom stereocenters. The summed E-state index contributed by atoms with van der Waals surface area (Å²) in [5, 5.41) is 9.12. The fourth-order valence-electron chi connectivity index (χ4n) is 2.80. The van der Waals surface area contributed by atoms with E-state index in [1.165, 1.54) is 0 Å². The monoisotopic (exact) mass is 273 g/mol. The molecule has 1 aromatic rings. The molecule has 1 aromatic carbocycles. The standard InChI is InChI=1S/C16H19NO3/c1-2-19-15(18)11-16(13-6-4-3-5-7-13)8-9-20-14(10-16)12-17/h3-7,14H,2,8-11H2,1H3. The van der Waals surface area contributed by atoms with Gasteiger partial charge in [0.05, 0.1) is 19.1 Å². The van der Waals surface area contributed by atoms with E-state index in [2.05, 4.69) is 6.07 Å². The molecule has 0 saturated carbocycles. The summed E-state index contributed by atoms with van der Waals surface area (Å²) < 4.78 is 10.5. The highest BCUT2D eigenvalue weighted by molar-refractivity contribution is 5.71. The van der Waals surface area contributed by atoms with Crippen LogP contribution in [0.15, 0.2) is 30.3 Å². The van der Waals surface area contributed by atoms with Gasteiger partial charge in [-0.3, -0.25) is 4.79 Å². The average molecular weight is 273 g/mol. The molecular weight excluding hydrogens is 254 g/mol. The number of carbonyl (C=O) groups excluding carboxylic acids is 1. The molecule has 0 aliphatic carbocycles. The smallest absolute Gasteiger partial charge is 0.306 e. The summed E-state index contributed by atoms with van der Waals surface area (Å²) in [6.07, 6.45) is 1.10. The highest BCUT2D eigenvalue weighted by Crippen LogP contribution is 2.40. The van der Waals surface area contributed by atoms with E-state index in [9.17, 15) is 4.79 Å². The third-order valence-corrected chi connectivity index (χ3v) is 3.79. The van der Waals surface area contributed by atoms with Crippen molar-refractivity contribution in [3.8, 4) is 6.07 Å². The van der Waals surface area contributed by atoms with Gasteiger partial charge in [0, 0.05) is 12.0 Å². The molecule has 2 atom stereocenters. The van der Waals surface area contributed by atoms with E-state index >= 15 is 0 Å². The third kappa shape index (κ3) is 3.17. The second-order valence-electron chi connectivity index (χ2n) is 5.07. The number of hydrogen-bond donors (Lipinski definition) is 0. The molecule has 0 N–H and O–H groups in total. The molecule has 0 amide bonds. The van der Waals surface area contributed by atoms with Gasteiger partial charge in [-0.15, -0.1) is 0 Å². The van der Waals surface area contributed by atoms with Crippen molar-refractivity contribution in [3.63, 3.8) is 0 Å². The molecule has 106 valence electrons. The van der Waals surface area contributed by atoms with Crippen LogP contribution in [0.3, 0.4) is 0 Å². The van der Waals surface area contributed by atoms with Crippen molar-refractivity contribution in [2.24, 2.45) is 0 Å². The maximum Gasteiger partial charge on any atom is 0.306 e. The molecule has 2 rings (SSSR count). The molecule has 1 saturated heterocycles. The van der Waals surface area contributed by atoms with Gasteiger partial charge in [-0.2, -0.15) is 5.26 Å². The molecule has 20 heavy (non-hydrogen) atoms. The lowest BCUT2D eigenvalue weighted by atomic mass is 9.70. The molecule has 4 nitrogen and oxygen atoms in total. The summed E-state index contributed by atoms with van der Waals surface area (Å²) in [6, 6.07) is 12.0. The lowest BCUT2D eigenvalue weighted by Crippen LogP contribution is -2.40. The van der Waals surface area contributed by atoms with Crippen LogP contribution in [0.5, 0.6) is 0 Å². The fourth-order valence-corrected chi connectivity index (χ4v) is 2.80. The van der Waals surface area contributed by atoms with E-state index in [1.807, 2.05) is 30.3 Å². The molecule has 1 heterocycles. The Morgan fingerprint density at radius 2 is 2.25 bits per heavy atom. The SMILES string of the molecule is CCOC(=O)CC1(c2ccccc2)CCOC(C#N)C1. The minimum atomic E-state index is -0.460. The number of ether oxygens (including phenoxy) is 2. The van der Waals surface area contributed by atoms with Crippen LogP contribution in [0, 0.1) is 11.3 Å². The minimum absolute atomic E-state index is 0.213. The Kier molecular flexibility index (Phi) is 4.75. The Bertz CT molecular complexity index is 494. The lowest BCUT2D eigenvalue weighted by Gasteiger charge is -2.38. The van der Waals surface area contributed by atoms with Gasteiger partial charge in [0.2, 0.25) is 0 Å². The Balaban J connectivity index is 2.28. The second-order valence-corrected chi connectivity index (χ2v) is 5.07. The van der Waals surface area contributed by atoms with Crippen molar-refractivity contribution in [1.82, 2.24) is 0 Å². The molecular formula is C16H19NO3. The second kappa shape index (κ2) is 6.53. The number of carbonyl (C=O) groups is 1. The van der Waals surface area contributed by atoms with E-state index in [0.29, 0.717) is 26.1 Å². The first kappa shape index (κ1) is 14.5. The van der Waals surface area contributed by atoms with Gasteiger partial charge in [-0.1, -0.05) is 30.3 Å². The largest absolute Gasteiger partial charge is 0.466 e. The summed E-state index contributed by atoms with van der Waals surface area (Å²) in [5.41, 5.74) is 0.725. The summed E-state index contributed by atoms with van der Waals surface area (Å²) in [7, 11) is 0. The van der Waals surface area contributed by atoms with Crippen molar-refractivity contribution in [1.29, 1.82) is 5.26 Å². The Hall–Kier alpha value is -1.86. The molecule has 1 aliphatic heterocycles. The van der Waals surface area contributed by atoms with Crippen molar-refractivity contribution >= 4 is 5.97 Å². The summed E-state index contributed by atoms with van der Waals surface area (Å²) in [6.45, 7) is 2.67. The van der Waals surface area contributed by atoms with Gasteiger partial charge in [0.15, 0.2) is 0 Å². The van der Waals surface area contributed by atoms with Crippen LogP contribution in [0.1, 0.15) is 31.7 Å². The van der Waals surface area contributed by atoms with Crippen LogP contribution in [0.2, 0.25) is 0 Å². The molecule has 1 fully saturated rings. The minimum Gasteiger partial charge on any atom is -0.466 e. The highest BCUT2D eigenvalue weighted by atomic mass is 16.5. The molecule has 0 aromatic heterocycles. The van der Waals surface area contributed by atoms with E-state index in [1.54, 1.807) is 6.92 Å². The first-order chi connectivity index (χ1) is 9.70. The van der Waals surface area contributed by atoms with Crippen LogP contribution in [0.25, 0.3) is 0 Å².